The van der Waals surface area contributed by atoms with E-state index < -0.39 is 30.2 Å². The monoisotopic (exact) mass is 422 g/mol. The molecule has 1 heterocycles. The van der Waals surface area contributed by atoms with Crippen LogP contribution in [0.25, 0.3) is 0 Å². The SMILES string of the molecule is C=C[C@](C)(CC[C@@H]1C(=C)CC[C@@H]2C(C)(C)CCC[C@@]12C)O[C@@H]1OC[C@@H](O)[C@H](O)[C@H]1O. The molecule has 1 saturated heterocycles. The van der Waals surface area contributed by atoms with Gasteiger partial charge >= 0.3 is 0 Å². The molecule has 0 aromatic heterocycles. The fourth-order valence-electron chi connectivity index (χ4n) is 6.60. The molecular weight excluding hydrogens is 380 g/mol. The van der Waals surface area contributed by atoms with Gasteiger partial charge < -0.3 is 24.8 Å². The van der Waals surface area contributed by atoms with Crippen LogP contribution in [0.2, 0.25) is 0 Å². The zero-order chi connectivity index (χ0) is 22.3. The lowest BCUT2D eigenvalue weighted by molar-refractivity contribution is -0.293. The molecule has 3 rings (SSSR count). The molecule has 0 spiro atoms. The molecule has 3 fully saturated rings. The molecule has 0 bridgehead atoms. The van der Waals surface area contributed by atoms with Gasteiger partial charge in [-0.2, -0.15) is 0 Å². The van der Waals surface area contributed by atoms with Gasteiger partial charge in [0.15, 0.2) is 6.29 Å². The standard InChI is InChI=1S/C25H42O5/c1-7-24(5,30-22-21(28)20(27)18(26)15-29-22)14-11-17-16(2)9-10-19-23(3,4)12-8-13-25(17,19)6/h7,17-22,26-28H,1-2,8-15H2,3-6H3/t17-,18-,19-,20+,21-,22+,24-,25+/m1/s1. The lowest BCUT2D eigenvalue weighted by Gasteiger charge is -2.58. The van der Waals surface area contributed by atoms with E-state index in [4.69, 9.17) is 9.47 Å². The summed E-state index contributed by atoms with van der Waals surface area (Å²) >= 11 is 0. The molecule has 2 saturated carbocycles. The van der Waals surface area contributed by atoms with Gasteiger partial charge in [0.1, 0.15) is 18.3 Å². The van der Waals surface area contributed by atoms with Crippen LogP contribution < -0.4 is 0 Å². The van der Waals surface area contributed by atoms with Crippen molar-refractivity contribution in [1.82, 2.24) is 0 Å². The fourth-order valence-corrected chi connectivity index (χ4v) is 6.60. The number of ether oxygens (including phenoxy) is 2. The molecule has 0 unspecified atom stereocenters. The first-order chi connectivity index (χ1) is 13.9. The Balaban J connectivity index is 1.71. The van der Waals surface area contributed by atoms with Crippen molar-refractivity contribution >= 4 is 0 Å². The van der Waals surface area contributed by atoms with E-state index in [-0.39, 0.29) is 12.0 Å². The maximum absolute atomic E-state index is 10.3. The minimum atomic E-state index is -1.29. The van der Waals surface area contributed by atoms with Crippen molar-refractivity contribution in [2.45, 2.75) is 103 Å². The summed E-state index contributed by atoms with van der Waals surface area (Å²) in [5, 5.41) is 29.9. The second-order valence-corrected chi connectivity index (χ2v) is 11.1. The third-order valence-corrected chi connectivity index (χ3v) is 8.52. The molecule has 0 radical (unpaired) electrons. The Morgan fingerprint density at radius 2 is 1.90 bits per heavy atom. The van der Waals surface area contributed by atoms with Crippen molar-refractivity contribution in [3.05, 3.63) is 24.8 Å². The summed E-state index contributed by atoms with van der Waals surface area (Å²) in [7, 11) is 0. The highest BCUT2D eigenvalue weighted by atomic mass is 16.7. The summed E-state index contributed by atoms with van der Waals surface area (Å²) in [6.45, 7) is 17.6. The minimum absolute atomic E-state index is 0.0651. The topological polar surface area (TPSA) is 79.2 Å². The summed E-state index contributed by atoms with van der Waals surface area (Å²) in [6.07, 6.45) is 4.90. The largest absolute Gasteiger partial charge is 0.388 e. The highest BCUT2D eigenvalue weighted by molar-refractivity contribution is 5.16. The predicted molar refractivity (Wildman–Crippen MR) is 118 cm³/mol. The zero-order valence-corrected chi connectivity index (χ0v) is 19.3. The van der Waals surface area contributed by atoms with Crippen LogP contribution in [0.5, 0.6) is 0 Å². The summed E-state index contributed by atoms with van der Waals surface area (Å²) < 4.78 is 11.6. The van der Waals surface area contributed by atoms with E-state index in [0.29, 0.717) is 17.3 Å². The first-order valence-corrected chi connectivity index (χ1v) is 11.6. The quantitative estimate of drug-likeness (QED) is 0.565. The summed E-state index contributed by atoms with van der Waals surface area (Å²) in [6, 6.07) is 0. The van der Waals surface area contributed by atoms with Gasteiger partial charge in [-0.15, -0.1) is 6.58 Å². The second kappa shape index (κ2) is 8.67. The Hall–Kier alpha value is -0.720. The second-order valence-electron chi connectivity index (χ2n) is 11.1. The van der Waals surface area contributed by atoms with Gasteiger partial charge in [-0.25, -0.2) is 0 Å². The highest BCUT2D eigenvalue weighted by Crippen LogP contribution is 2.61. The van der Waals surface area contributed by atoms with Gasteiger partial charge in [0.25, 0.3) is 0 Å². The average molecular weight is 423 g/mol. The molecule has 1 aliphatic heterocycles. The van der Waals surface area contributed by atoms with Crippen LogP contribution in [0.4, 0.5) is 0 Å². The lowest BCUT2D eigenvalue weighted by Crippen LogP contribution is -2.55. The van der Waals surface area contributed by atoms with Gasteiger partial charge in [-0.3, -0.25) is 0 Å². The first-order valence-electron chi connectivity index (χ1n) is 11.6. The van der Waals surface area contributed by atoms with Crippen LogP contribution in [-0.2, 0) is 9.47 Å². The van der Waals surface area contributed by atoms with Crippen molar-refractivity contribution in [2.75, 3.05) is 6.61 Å². The molecule has 2 aliphatic carbocycles. The van der Waals surface area contributed by atoms with Crippen molar-refractivity contribution in [3.63, 3.8) is 0 Å². The van der Waals surface area contributed by atoms with Crippen LogP contribution in [0, 0.1) is 22.7 Å². The van der Waals surface area contributed by atoms with Crippen molar-refractivity contribution < 1.29 is 24.8 Å². The molecule has 0 aromatic carbocycles. The number of aliphatic hydroxyl groups is 3. The van der Waals surface area contributed by atoms with Crippen LogP contribution in [0.15, 0.2) is 24.8 Å². The zero-order valence-electron chi connectivity index (χ0n) is 19.3. The van der Waals surface area contributed by atoms with E-state index in [1.165, 1.54) is 31.3 Å². The smallest absolute Gasteiger partial charge is 0.187 e. The van der Waals surface area contributed by atoms with Crippen LogP contribution >= 0.6 is 0 Å². The van der Waals surface area contributed by atoms with Gasteiger partial charge in [-0.05, 0) is 68.1 Å². The van der Waals surface area contributed by atoms with Gasteiger partial charge in [0, 0.05) is 0 Å². The molecule has 5 nitrogen and oxygen atoms in total. The van der Waals surface area contributed by atoms with Crippen LogP contribution in [0.3, 0.4) is 0 Å². The minimum Gasteiger partial charge on any atom is -0.388 e. The Morgan fingerprint density at radius 1 is 1.20 bits per heavy atom. The van der Waals surface area contributed by atoms with E-state index in [2.05, 4.69) is 33.9 Å². The molecule has 0 amide bonds. The molecule has 3 aliphatic rings. The van der Waals surface area contributed by atoms with E-state index in [1.54, 1.807) is 6.08 Å². The number of allylic oxidation sites excluding steroid dienone is 1. The van der Waals surface area contributed by atoms with Gasteiger partial charge in [-0.1, -0.05) is 45.4 Å². The first kappa shape index (κ1) is 23.9. The molecule has 8 atom stereocenters. The van der Waals surface area contributed by atoms with E-state index in [0.717, 1.165) is 19.3 Å². The fraction of sp³-hybridized carbons (Fsp3) is 0.840. The van der Waals surface area contributed by atoms with E-state index in [9.17, 15) is 15.3 Å². The maximum Gasteiger partial charge on any atom is 0.187 e. The number of rotatable bonds is 6. The maximum atomic E-state index is 10.3. The summed E-state index contributed by atoms with van der Waals surface area (Å²) in [5.41, 5.74) is 1.26. The normalized spacial score (nSPS) is 43.5. The van der Waals surface area contributed by atoms with Crippen molar-refractivity contribution in [3.8, 4) is 0 Å². The third-order valence-electron chi connectivity index (χ3n) is 8.52. The third kappa shape index (κ3) is 4.42. The Morgan fingerprint density at radius 3 is 2.57 bits per heavy atom. The predicted octanol–water partition coefficient (Wildman–Crippen LogP) is 3.97. The molecular formula is C25H42O5. The Bertz CT molecular complexity index is 645. The average Bonchev–Trinajstić information content (AvgIpc) is 2.67. The van der Waals surface area contributed by atoms with Crippen LogP contribution in [0.1, 0.15) is 72.6 Å². The molecule has 0 aromatic rings. The van der Waals surface area contributed by atoms with Gasteiger partial charge in [0.05, 0.1) is 12.2 Å². The number of aliphatic hydroxyl groups excluding tert-OH is 3. The van der Waals surface area contributed by atoms with Crippen molar-refractivity contribution in [1.29, 1.82) is 0 Å². The molecule has 3 N–H and O–H groups in total. The molecule has 30 heavy (non-hydrogen) atoms. The number of fused-ring (bicyclic) bond motifs is 1. The molecule has 172 valence electrons. The summed E-state index contributed by atoms with van der Waals surface area (Å²) in [5.74, 6) is 1.13. The Labute approximate surface area is 182 Å². The van der Waals surface area contributed by atoms with Crippen LogP contribution in [-0.4, -0.2) is 52.1 Å². The number of hydrogen-bond donors (Lipinski definition) is 3. The van der Waals surface area contributed by atoms with E-state index in [1.807, 2.05) is 6.92 Å². The highest BCUT2D eigenvalue weighted by Gasteiger charge is 2.53. The van der Waals surface area contributed by atoms with E-state index >= 15 is 0 Å². The summed E-state index contributed by atoms with van der Waals surface area (Å²) in [4.78, 5) is 0. The molecule has 5 heteroatoms. The number of hydrogen-bond acceptors (Lipinski definition) is 5. The van der Waals surface area contributed by atoms with Gasteiger partial charge in [0.2, 0.25) is 0 Å². The lowest BCUT2D eigenvalue weighted by atomic mass is 9.47. The Kier molecular flexibility index (Phi) is 6.91. The van der Waals surface area contributed by atoms with Crippen molar-refractivity contribution in [2.24, 2.45) is 22.7 Å².